The molecule has 3 aliphatic carbocycles. The second kappa shape index (κ2) is 7.11. The number of hydrogen-bond donors (Lipinski definition) is 2. The third kappa shape index (κ3) is 2.97. The summed E-state index contributed by atoms with van der Waals surface area (Å²) >= 11 is 0. The van der Waals surface area contributed by atoms with Gasteiger partial charge in [-0.25, -0.2) is 0 Å². The number of ketones is 1. The summed E-state index contributed by atoms with van der Waals surface area (Å²) in [6.07, 6.45) is 8.90. The number of Topliss-reactive ketones (excluding diaryl/α,β-unsaturated/α-hetero) is 1. The van der Waals surface area contributed by atoms with E-state index in [1.165, 1.54) is 12.8 Å². The molecule has 6 nitrogen and oxygen atoms in total. The summed E-state index contributed by atoms with van der Waals surface area (Å²) in [5, 5.41) is 3.10. The van der Waals surface area contributed by atoms with Crippen LogP contribution in [0.2, 0.25) is 0 Å². The Morgan fingerprint density at radius 1 is 1.27 bits per heavy atom. The summed E-state index contributed by atoms with van der Waals surface area (Å²) in [6.45, 7) is 0.428. The van der Waals surface area contributed by atoms with Crippen LogP contribution in [0.1, 0.15) is 65.6 Å². The molecule has 0 amide bonds. The summed E-state index contributed by atoms with van der Waals surface area (Å²) < 4.78 is 1.93. The Kier molecular flexibility index (Phi) is 4.53. The summed E-state index contributed by atoms with van der Waals surface area (Å²) in [5.41, 5.74) is 10.8. The van der Waals surface area contributed by atoms with Gasteiger partial charge in [-0.2, -0.15) is 0 Å². The van der Waals surface area contributed by atoms with Crippen LogP contribution >= 0.6 is 0 Å². The van der Waals surface area contributed by atoms with E-state index in [1.54, 1.807) is 13.1 Å². The first-order valence-electron chi connectivity index (χ1n) is 10.9. The Bertz CT molecular complexity index is 1110. The summed E-state index contributed by atoms with van der Waals surface area (Å²) in [6, 6.07) is 7.48. The quantitative estimate of drug-likeness (QED) is 0.591. The molecule has 3 N–H and O–H groups in total. The number of aromatic nitrogens is 1. The smallest absolute Gasteiger partial charge is 0.253 e. The number of rotatable bonds is 5. The van der Waals surface area contributed by atoms with Gasteiger partial charge in [0.25, 0.3) is 5.56 Å². The van der Waals surface area contributed by atoms with E-state index in [1.807, 2.05) is 29.0 Å². The zero-order chi connectivity index (χ0) is 20.9. The average Bonchev–Trinajstić information content (AvgIpc) is 3.47. The van der Waals surface area contributed by atoms with Crippen molar-refractivity contribution in [1.82, 2.24) is 4.57 Å². The number of nitrogens with two attached hydrogens (primary N) is 1. The predicted octanol–water partition coefficient (Wildman–Crippen LogP) is 3.21. The molecule has 2 fully saturated rings. The van der Waals surface area contributed by atoms with Crippen molar-refractivity contribution in [3.63, 3.8) is 0 Å². The zero-order valence-electron chi connectivity index (χ0n) is 17.4. The van der Waals surface area contributed by atoms with Gasteiger partial charge in [0.1, 0.15) is 5.84 Å². The van der Waals surface area contributed by atoms with E-state index in [0.29, 0.717) is 24.5 Å². The van der Waals surface area contributed by atoms with Gasteiger partial charge in [-0.1, -0.05) is 18.2 Å². The van der Waals surface area contributed by atoms with Crippen LogP contribution in [0, 0.1) is 5.92 Å². The molecule has 1 aromatic carbocycles. The van der Waals surface area contributed by atoms with Gasteiger partial charge < -0.3 is 15.6 Å². The highest BCUT2D eigenvalue weighted by molar-refractivity contribution is 6.02. The van der Waals surface area contributed by atoms with Crippen LogP contribution in [-0.2, 0) is 18.5 Å². The predicted molar refractivity (Wildman–Crippen MR) is 118 cm³/mol. The van der Waals surface area contributed by atoms with Crippen LogP contribution < -0.4 is 16.6 Å². The fraction of sp³-hybridized carbons (Fsp3) is 0.458. The molecule has 0 atom stereocenters. The lowest BCUT2D eigenvalue weighted by Gasteiger charge is -2.30. The Morgan fingerprint density at radius 3 is 2.77 bits per heavy atom. The Morgan fingerprint density at radius 2 is 2.07 bits per heavy atom. The maximum absolute atomic E-state index is 12.9. The second-order valence-corrected chi connectivity index (χ2v) is 9.00. The van der Waals surface area contributed by atoms with Crippen molar-refractivity contribution in [3.8, 4) is 0 Å². The summed E-state index contributed by atoms with van der Waals surface area (Å²) in [4.78, 5) is 29.6. The second-order valence-electron chi connectivity index (χ2n) is 9.00. The number of amidine groups is 1. The molecule has 0 radical (unpaired) electrons. The van der Waals surface area contributed by atoms with Gasteiger partial charge >= 0.3 is 0 Å². The monoisotopic (exact) mass is 404 g/mol. The average molecular weight is 405 g/mol. The number of hydrogen-bond acceptors (Lipinski definition) is 4. The molecule has 30 heavy (non-hydrogen) atoms. The standard InChI is InChI=1S/C24H28N4O2/c1-26-20-11-22(30)28(24-9-7-15(12-24)8-10-24)14-19(20)23(25)27-13-16-3-2-4-18-17(16)5-6-21(18)29/h2-4,11,14-15,26H,5-10,12-13H2,1H3,(H2,25,27). The minimum atomic E-state index is -0.0519. The number of anilines is 1. The topological polar surface area (TPSA) is 89.5 Å². The molecule has 1 heterocycles. The van der Waals surface area contributed by atoms with E-state index in [9.17, 15) is 9.59 Å². The first-order valence-corrected chi connectivity index (χ1v) is 10.9. The molecule has 156 valence electrons. The van der Waals surface area contributed by atoms with Crippen molar-refractivity contribution in [2.45, 2.75) is 57.0 Å². The third-order valence-corrected chi connectivity index (χ3v) is 7.41. The van der Waals surface area contributed by atoms with Gasteiger partial charge in [-0.15, -0.1) is 0 Å². The van der Waals surface area contributed by atoms with Crippen LogP contribution in [0.5, 0.6) is 0 Å². The van der Waals surface area contributed by atoms with Crippen LogP contribution in [0.3, 0.4) is 0 Å². The molecule has 1 aromatic heterocycles. The fourth-order valence-electron chi connectivity index (χ4n) is 5.78. The van der Waals surface area contributed by atoms with Gasteiger partial charge in [-0.3, -0.25) is 14.6 Å². The number of nitrogens with one attached hydrogen (secondary N) is 1. The number of fused-ring (bicyclic) bond motifs is 3. The molecule has 0 saturated heterocycles. The molecule has 2 saturated carbocycles. The number of benzene rings is 1. The highest BCUT2D eigenvalue weighted by Crippen LogP contribution is 2.52. The number of aliphatic imine (C=N–C) groups is 1. The van der Waals surface area contributed by atoms with Gasteiger partial charge in [0, 0.05) is 36.8 Å². The van der Waals surface area contributed by atoms with Crippen molar-refractivity contribution in [2.75, 3.05) is 12.4 Å². The van der Waals surface area contributed by atoms with Gasteiger partial charge in [0.15, 0.2) is 5.78 Å². The SMILES string of the molecule is CNc1cc(=O)n(C23CCC(CC2)C3)cc1C(N)=NCc1cccc2c1CCC2=O. The van der Waals surface area contributed by atoms with E-state index in [4.69, 9.17) is 5.73 Å². The zero-order valence-corrected chi connectivity index (χ0v) is 17.4. The number of pyridine rings is 1. The lowest BCUT2D eigenvalue weighted by atomic mass is 9.93. The van der Waals surface area contributed by atoms with Crippen molar-refractivity contribution >= 4 is 17.3 Å². The third-order valence-electron chi connectivity index (χ3n) is 7.41. The first kappa shape index (κ1) is 19.1. The molecule has 6 heteroatoms. The molecule has 0 unspecified atom stereocenters. The lowest BCUT2D eigenvalue weighted by molar-refractivity contribution is 0.0994. The lowest BCUT2D eigenvalue weighted by Crippen LogP contribution is -2.38. The van der Waals surface area contributed by atoms with Crippen molar-refractivity contribution in [1.29, 1.82) is 0 Å². The maximum atomic E-state index is 12.9. The molecular weight excluding hydrogens is 376 g/mol. The van der Waals surface area contributed by atoms with E-state index < -0.39 is 0 Å². The van der Waals surface area contributed by atoms with E-state index in [0.717, 1.165) is 53.9 Å². The molecule has 2 aromatic rings. The van der Waals surface area contributed by atoms with Crippen LogP contribution in [0.4, 0.5) is 5.69 Å². The van der Waals surface area contributed by atoms with Crippen molar-refractivity contribution < 1.29 is 4.79 Å². The maximum Gasteiger partial charge on any atom is 0.253 e. The van der Waals surface area contributed by atoms with E-state index in [2.05, 4.69) is 10.3 Å². The molecular formula is C24H28N4O2. The van der Waals surface area contributed by atoms with Gasteiger partial charge in [-0.05, 0) is 55.6 Å². The number of nitrogens with zero attached hydrogens (tertiary/aromatic N) is 2. The summed E-state index contributed by atoms with van der Waals surface area (Å²) in [5.74, 6) is 1.37. The largest absolute Gasteiger partial charge is 0.387 e. The molecule has 2 bridgehead atoms. The van der Waals surface area contributed by atoms with E-state index >= 15 is 0 Å². The van der Waals surface area contributed by atoms with Crippen LogP contribution in [-0.4, -0.2) is 23.2 Å². The first-order chi connectivity index (χ1) is 14.5. The normalized spacial score (nSPS) is 25.0. The summed E-state index contributed by atoms with van der Waals surface area (Å²) in [7, 11) is 1.80. The Labute approximate surface area is 176 Å². The number of carbonyl (C=O) groups is 1. The van der Waals surface area contributed by atoms with Crippen molar-refractivity contribution in [3.05, 3.63) is 63.1 Å². The fourth-order valence-corrected chi connectivity index (χ4v) is 5.78. The van der Waals surface area contributed by atoms with Crippen LogP contribution in [0.25, 0.3) is 0 Å². The van der Waals surface area contributed by atoms with Crippen molar-refractivity contribution in [2.24, 2.45) is 16.6 Å². The van der Waals surface area contributed by atoms with Crippen LogP contribution in [0.15, 0.2) is 40.2 Å². The number of carbonyl (C=O) groups excluding carboxylic acids is 1. The van der Waals surface area contributed by atoms with Gasteiger partial charge in [0.05, 0.1) is 17.8 Å². The minimum Gasteiger partial charge on any atom is -0.387 e. The highest BCUT2D eigenvalue weighted by Gasteiger charge is 2.46. The van der Waals surface area contributed by atoms with E-state index in [-0.39, 0.29) is 16.9 Å². The molecule has 3 aliphatic rings. The Hall–Kier alpha value is -2.89. The highest BCUT2D eigenvalue weighted by atomic mass is 16.1. The molecule has 0 spiro atoms. The molecule has 5 rings (SSSR count). The minimum absolute atomic E-state index is 0.0258. The van der Waals surface area contributed by atoms with Gasteiger partial charge in [0.2, 0.25) is 0 Å². The Balaban J connectivity index is 1.50. The molecule has 0 aliphatic heterocycles.